The molecule has 3 nitrogen and oxygen atoms in total. The van der Waals surface area contributed by atoms with Gasteiger partial charge in [0.1, 0.15) is 0 Å². The van der Waals surface area contributed by atoms with Gasteiger partial charge in [-0.2, -0.15) is 0 Å². The number of hydrogen-bond acceptors (Lipinski definition) is 4. The van der Waals surface area contributed by atoms with Crippen LogP contribution in [0.4, 0.5) is 0 Å². The van der Waals surface area contributed by atoms with Crippen molar-refractivity contribution in [1.29, 1.82) is 0 Å². The molecule has 17 heavy (non-hydrogen) atoms. The fraction of sp³-hybridized carbons (Fsp3) is 0.538. The lowest BCUT2D eigenvalue weighted by atomic mass is 10.2. The van der Waals surface area contributed by atoms with Crippen molar-refractivity contribution in [3.63, 3.8) is 0 Å². The van der Waals surface area contributed by atoms with Crippen molar-refractivity contribution in [3.8, 4) is 0 Å². The van der Waals surface area contributed by atoms with Crippen molar-refractivity contribution in [2.24, 2.45) is 0 Å². The van der Waals surface area contributed by atoms with Crippen LogP contribution in [-0.2, 0) is 4.74 Å². The van der Waals surface area contributed by atoms with Crippen LogP contribution in [0.5, 0.6) is 0 Å². The van der Waals surface area contributed by atoms with Crippen LogP contribution in [0.25, 0.3) is 0 Å². The number of nitrogens with one attached hydrogen (secondary N) is 1. The molecule has 0 aromatic heterocycles. The third-order valence-corrected chi connectivity index (χ3v) is 3.71. The Morgan fingerprint density at radius 1 is 1.41 bits per heavy atom. The Bertz CT molecular complexity index is 320. The summed E-state index contributed by atoms with van der Waals surface area (Å²) in [6, 6.07) is 8.23. The molecule has 1 rings (SSSR count). The van der Waals surface area contributed by atoms with Crippen molar-refractivity contribution in [1.82, 2.24) is 5.32 Å². The van der Waals surface area contributed by atoms with Gasteiger partial charge in [-0.1, -0.05) is 18.2 Å². The molecule has 0 radical (unpaired) electrons. The first-order chi connectivity index (χ1) is 8.24. The maximum absolute atomic E-state index is 9.78. The largest absolute Gasteiger partial charge is 0.391 e. The van der Waals surface area contributed by atoms with Crippen molar-refractivity contribution in [2.75, 3.05) is 32.6 Å². The Kier molecular flexibility index (Phi) is 7.28. The van der Waals surface area contributed by atoms with E-state index in [1.54, 1.807) is 18.9 Å². The van der Waals surface area contributed by atoms with Crippen LogP contribution < -0.4 is 5.32 Å². The molecule has 0 amide bonds. The normalized spacial score (nSPS) is 12.6. The summed E-state index contributed by atoms with van der Waals surface area (Å²) in [4.78, 5) is 1.24. The predicted molar refractivity (Wildman–Crippen MR) is 72.7 cm³/mol. The predicted octanol–water partition coefficient (Wildman–Crippen LogP) is 1.68. The molecule has 0 fully saturated rings. The Hall–Kier alpha value is -0.550. The summed E-state index contributed by atoms with van der Waals surface area (Å²) in [5.74, 6) is 0.713. The number of thioether (sulfide) groups is 1. The van der Waals surface area contributed by atoms with Gasteiger partial charge >= 0.3 is 0 Å². The first-order valence-electron chi connectivity index (χ1n) is 5.80. The number of hydrogen-bond donors (Lipinski definition) is 2. The molecule has 0 aliphatic heterocycles. The minimum atomic E-state index is -0.323. The Morgan fingerprint density at radius 3 is 2.88 bits per heavy atom. The van der Waals surface area contributed by atoms with E-state index < -0.39 is 0 Å². The van der Waals surface area contributed by atoms with E-state index in [0.29, 0.717) is 18.9 Å². The van der Waals surface area contributed by atoms with Gasteiger partial charge in [0, 0.05) is 30.8 Å². The van der Waals surface area contributed by atoms with E-state index in [1.807, 2.05) is 12.1 Å². The Morgan fingerprint density at radius 2 is 2.18 bits per heavy atom. The maximum Gasteiger partial charge on any atom is 0.0758 e. The van der Waals surface area contributed by atoms with Crippen molar-refractivity contribution >= 4 is 11.8 Å². The van der Waals surface area contributed by atoms with E-state index in [0.717, 1.165) is 6.54 Å². The highest BCUT2D eigenvalue weighted by Crippen LogP contribution is 2.22. The average molecular weight is 255 g/mol. The fourth-order valence-corrected chi connectivity index (χ4v) is 2.37. The number of ether oxygens (including phenoxy) is 1. The third-order valence-electron chi connectivity index (χ3n) is 2.39. The van der Waals surface area contributed by atoms with E-state index in [4.69, 9.17) is 4.74 Å². The molecular weight excluding hydrogens is 234 g/mol. The first-order valence-corrected chi connectivity index (χ1v) is 6.78. The van der Waals surface area contributed by atoms with Gasteiger partial charge in [0.25, 0.3) is 0 Å². The summed E-state index contributed by atoms with van der Waals surface area (Å²) in [5.41, 5.74) is 1.26. The first kappa shape index (κ1) is 14.5. The third kappa shape index (κ3) is 6.07. The van der Waals surface area contributed by atoms with Gasteiger partial charge in [0.15, 0.2) is 0 Å². The highest BCUT2D eigenvalue weighted by molar-refractivity contribution is 7.99. The zero-order valence-corrected chi connectivity index (χ0v) is 11.3. The zero-order chi connectivity index (χ0) is 12.5. The van der Waals surface area contributed by atoms with E-state index in [9.17, 15) is 5.11 Å². The Balaban J connectivity index is 2.19. The number of rotatable bonds is 8. The molecule has 0 bridgehead atoms. The topological polar surface area (TPSA) is 41.5 Å². The van der Waals surface area contributed by atoms with Crippen molar-refractivity contribution in [2.45, 2.75) is 17.9 Å². The minimum Gasteiger partial charge on any atom is -0.391 e. The summed E-state index contributed by atoms with van der Waals surface area (Å²) in [5, 5.41) is 12.9. The summed E-state index contributed by atoms with van der Waals surface area (Å²) >= 11 is 1.70. The molecule has 0 saturated carbocycles. The molecule has 0 spiro atoms. The molecule has 1 aromatic rings. The summed E-state index contributed by atoms with van der Waals surface area (Å²) in [7, 11) is 1.67. The van der Waals surface area contributed by atoms with Gasteiger partial charge in [0.2, 0.25) is 0 Å². The van der Waals surface area contributed by atoms with Crippen molar-refractivity contribution < 1.29 is 9.84 Å². The lowest BCUT2D eigenvalue weighted by Crippen LogP contribution is -2.30. The van der Waals surface area contributed by atoms with E-state index in [-0.39, 0.29) is 6.10 Å². The summed E-state index contributed by atoms with van der Waals surface area (Å²) < 4.78 is 4.92. The van der Waals surface area contributed by atoms with Crippen LogP contribution >= 0.6 is 11.8 Å². The maximum atomic E-state index is 9.78. The van der Waals surface area contributed by atoms with E-state index in [1.165, 1.54) is 10.5 Å². The van der Waals surface area contributed by atoms with Crippen LogP contribution in [0.1, 0.15) is 5.56 Å². The molecule has 0 saturated heterocycles. The quantitative estimate of drug-likeness (QED) is 0.548. The van der Waals surface area contributed by atoms with Gasteiger partial charge in [-0.3, -0.25) is 0 Å². The second kappa shape index (κ2) is 8.53. The van der Waals surface area contributed by atoms with E-state index >= 15 is 0 Å². The standard InChI is InChI=1S/C13H21NO2S/c1-11-5-3-4-6-13(11)17-10-12(15)9-14-7-8-16-2/h3-6,12,14-15H,7-10H2,1-2H3. The van der Waals surface area contributed by atoms with Crippen molar-refractivity contribution in [3.05, 3.63) is 29.8 Å². The number of benzene rings is 1. The summed E-state index contributed by atoms with van der Waals surface area (Å²) in [6.45, 7) is 4.16. The molecule has 1 aromatic carbocycles. The number of aliphatic hydroxyl groups excluding tert-OH is 1. The van der Waals surface area contributed by atoms with Gasteiger partial charge in [0.05, 0.1) is 12.7 Å². The minimum absolute atomic E-state index is 0.323. The second-order valence-electron chi connectivity index (χ2n) is 3.93. The van der Waals surface area contributed by atoms with E-state index in [2.05, 4.69) is 24.4 Å². The Labute approximate surface area is 108 Å². The van der Waals surface area contributed by atoms with Crippen LogP contribution in [0.3, 0.4) is 0 Å². The monoisotopic (exact) mass is 255 g/mol. The summed E-state index contributed by atoms with van der Waals surface area (Å²) in [6.07, 6.45) is -0.323. The average Bonchev–Trinajstić information content (AvgIpc) is 2.34. The van der Waals surface area contributed by atoms with Crippen LogP contribution in [0, 0.1) is 6.92 Å². The van der Waals surface area contributed by atoms with Crippen LogP contribution in [0.2, 0.25) is 0 Å². The highest BCUT2D eigenvalue weighted by Gasteiger charge is 2.05. The lowest BCUT2D eigenvalue weighted by molar-refractivity contribution is 0.175. The number of methoxy groups -OCH3 is 1. The van der Waals surface area contributed by atoms with Gasteiger partial charge in [-0.15, -0.1) is 11.8 Å². The number of aryl methyl sites for hydroxylation is 1. The van der Waals surface area contributed by atoms with Gasteiger partial charge in [-0.05, 0) is 18.6 Å². The molecule has 1 atom stereocenters. The SMILES string of the molecule is COCCNCC(O)CSc1ccccc1C. The number of aliphatic hydroxyl groups is 1. The molecule has 1 unspecified atom stereocenters. The molecule has 4 heteroatoms. The fourth-order valence-electron chi connectivity index (χ4n) is 1.41. The smallest absolute Gasteiger partial charge is 0.0758 e. The second-order valence-corrected chi connectivity index (χ2v) is 4.99. The zero-order valence-electron chi connectivity index (χ0n) is 10.5. The molecule has 0 heterocycles. The molecule has 96 valence electrons. The highest BCUT2D eigenvalue weighted by atomic mass is 32.2. The van der Waals surface area contributed by atoms with Crippen LogP contribution in [0.15, 0.2) is 29.2 Å². The molecular formula is C13H21NO2S. The molecule has 2 N–H and O–H groups in total. The lowest BCUT2D eigenvalue weighted by Gasteiger charge is -2.12. The van der Waals surface area contributed by atoms with Crippen LogP contribution in [-0.4, -0.2) is 43.8 Å². The molecule has 0 aliphatic rings. The molecule has 0 aliphatic carbocycles. The van der Waals surface area contributed by atoms with Gasteiger partial charge in [-0.25, -0.2) is 0 Å². The van der Waals surface area contributed by atoms with Gasteiger partial charge < -0.3 is 15.2 Å².